The molecule has 0 aliphatic rings. The molecule has 2 heterocycles. The third kappa shape index (κ3) is 3.51. The number of benzene rings is 2. The maximum absolute atomic E-state index is 7.51. The molecule has 0 bridgehead atoms. The summed E-state index contributed by atoms with van der Waals surface area (Å²) >= 11 is 0. The summed E-state index contributed by atoms with van der Waals surface area (Å²) in [4.78, 5) is 3.59. The number of methoxy groups -OCH3 is 2. The van der Waals surface area contributed by atoms with E-state index in [1.807, 2.05) is 54.6 Å². The van der Waals surface area contributed by atoms with Gasteiger partial charge in [-0.15, -0.1) is 0 Å². The molecule has 0 aliphatic heterocycles. The Bertz CT molecular complexity index is 1180. The highest BCUT2D eigenvalue weighted by Crippen LogP contribution is 2.42. The van der Waals surface area contributed by atoms with Crippen LogP contribution in [0.1, 0.15) is 0 Å². The van der Waals surface area contributed by atoms with Crippen molar-refractivity contribution in [1.29, 1.82) is 0 Å². The molecule has 0 spiro atoms. The van der Waals surface area contributed by atoms with Crippen molar-refractivity contribution in [1.82, 2.24) is 9.61 Å². The Balaban J connectivity index is 1.68. The van der Waals surface area contributed by atoms with Crippen LogP contribution in [0.5, 0.6) is 23.0 Å². The normalized spacial score (nSPS) is 10.4. The van der Waals surface area contributed by atoms with E-state index < -0.39 is 0 Å². The average molecular weight is 386 g/mol. The topological polar surface area (TPSA) is 61.4 Å². The second kappa shape index (κ2) is 7.82. The molecule has 0 unspecified atom stereocenters. The van der Waals surface area contributed by atoms with E-state index in [1.54, 1.807) is 24.9 Å². The number of rotatable bonds is 6. The third-order valence-corrected chi connectivity index (χ3v) is 4.35. The fourth-order valence-corrected chi connectivity index (χ4v) is 3.00. The number of nitrogens with zero attached hydrogens (tertiary/aromatic N) is 3. The summed E-state index contributed by atoms with van der Waals surface area (Å²) in [6, 6.07) is 17.1. The van der Waals surface area contributed by atoms with Gasteiger partial charge in [-0.1, -0.05) is 18.2 Å². The standard InChI is InChI=1S/C22H18N4O3/c1-23-18-13-24-26-14-19(27-2)22(28-3)21(26)20(18)25-15-9-11-17(12-10-15)29-16-7-5-4-6-8-16/h4-14,25H,2-3H3. The van der Waals surface area contributed by atoms with E-state index in [0.717, 1.165) is 11.4 Å². The molecule has 2 aromatic carbocycles. The van der Waals surface area contributed by atoms with E-state index in [-0.39, 0.29) is 0 Å². The van der Waals surface area contributed by atoms with Crippen molar-refractivity contribution in [3.8, 4) is 23.0 Å². The van der Waals surface area contributed by atoms with Gasteiger partial charge < -0.3 is 19.5 Å². The van der Waals surface area contributed by atoms with Crippen molar-refractivity contribution in [2.45, 2.75) is 0 Å². The van der Waals surface area contributed by atoms with Gasteiger partial charge in [-0.25, -0.2) is 9.36 Å². The number of hydrogen-bond acceptors (Lipinski definition) is 5. The summed E-state index contributed by atoms with van der Waals surface area (Å²) in [6.45, 7) is 7.51. The lowest BCUT2D eigenvalue weighted by molar-refractivity contribution is 0.360. The monoisotopic (exact) mass is 386 g/mol. The molecule has 7 nitrogen and oxygen atoms in total. The Hall–Kier alpha value is -4.18. The number of para-hydroxylation sites is 1. The minimum Gasteiger partial charge on any atom is -0.491 e. The molecule has 29 heavy (non-hydrogen) atoms. The van der Waals surface area contributed by atoms with E-state index in [1.165, 1.54) is 6.20 Å². The smallest absolute Gasteiger partial charge is 0.231 e. The number of fused-ring (bicyclic) bond motifs is 1. The van der Waals surface area contributed by atoms with Crippen molar-refractivity contribution < 1.29 is 14.2 Å². The predicted molar refractivity (Wildman–Crippen MR) is 111 cm³/mol. The first-order valence-electron chi connectivity index (χ1n) is 8.83. The SMILES string of the molecule is [C-]#[N+]c1cnn2cc(OC)c(OC)c2c1Nc1ccc(Oc2ccccc2)cc1. The van der Waals surface area contributed by atoms with Gasteiger partial charge in [0.1, 0.15) is 17.0 Å². The number of aromatic nitrogens is 2. The van der Waals surface area contributed by atoms with E-state index in [4.69, 9.17) is 20.8 Å². The second-order valence-corrected chi connectivity index (χ2v) is 6.11. The number of nitrogens with one attached hydrogen (secondary N) is 1. The van der Waals surface area contributed by atoms with Crippen LogP contribution < -0.4 is 19.5 Å². The molecule has 0 fully saturated rings. The molecular formula is C22H18N4O3. The first kappa shape index (κ1) is 18.2. The second-order valence-electron chi connectivity index (χ2n) is 6.11. The summed E-state index contributed by atoms with van der Waals surface area (Å²) in [5.74, 6) is 2.53. The van der Waals surface area contributed by atoms with Crippen LogP contribution in [0.3, 0.4) is 0 Å². The highest BCUT2D eigenvalue weighted by atomic mass is 16.5. The van der Waals surface area contributed by atoms with Crippen LogP contribution in [0, 0.1) is 6.57 Å². The van der Waals surface area contributed by atoms with Gasteiger partial charge in [0.05, 0.1) is 38.9 Å². The lowest BCUT2D eigenvalue weighted by atomic mass is 10.2. The molecule has 0 saturated heterocycles. The molecule has 0 amide bonds. The molecule has 144 valence electrons. The molecule has 4 rings (SSSR count). The summed E-state index contributed by atoms with van der Waals surface area (Å²) in [6.07, 6.45) is 3.22. The zero-order valence-corrected chi connectivity index (χ0v) is 15.9. The number of ether oxygens (including phenoxy) is 3. The predicted octanol–water partition coefficient (Wildman–Crippen LogP) is 5.44. The van der Waals surface area contributed by atoms with Crippen molar-refractivity contribution in [3.05, 3.63) is 78.4 Å². The lowest BCUT2D eigenvalue weighted by Gasteiger charge is -2.12. The quantitative estimate of drug-likeness (QED) is 0.447. The molecule has 7 heteroatoms. The maximum atomic E-state index is 7.51. The molecule has 4 aromatic rings. The fourth-order valence-electron chi connectivity index (χ4n) is 3.00. The first-order chi connectivity index (χ1) is 14.2. The highest BCUT2D eigenvalue weighted by Gasteiger charge is 2.19. The molecule has 0 atom stereocenters. The van der Waals surface area contributed by atoms with Crippen LogP contribution in [0.2, 0.25) is 0 Å². The zero-order valence-electron chi connectivity index (χ0n) is 15.9. The fraction of sp³-hybridized carbons (Fsp3) is 0.0909. The lowest BCUT2D eigenvalue weighted by Crippen LogP contribution is -1.98. The van der Waals surface area contributed by atoms with E-state index in [2.05, 4.69) is 15.3 Å². The van der Waals surface area contributed by atoms with Gasteiger partial charge in [0.25, 0.3) is 0 Å². The Kier molecular flexibility index (Phi) is 4.91. The van der Waals surface area contributed by atoms with Crippen molar-refractivity contribution in [2.75, 3.05) is 19.5 Å². The minimum atomic E-state index is 0.376. The minimum absolute atomic E-state index is 0.376. The summed E-state index contributed by atoms with van der Waals surface area (Å²) in [5.41, 5.74) is 2.39. The van der Waals surface area contributed by atoms with Gasteiger partial charge in [0.15, 0.2) is 11.5 Å². The molecule has 1 N–H and O–H groups in total. The van der Waals surface area contributed by atoms with Crippen LogP contribution in [0.25, 0.3) is 10.4 Å². The first-order valence-corrected chi connectivity index (χ1v) is 8.83. The van der Waals surface area contributed by atoms with Crippen LogP contribution in [-0.2, 0) is 0 Å². The van der Waals surface area contributed by atoms with Crippen molar-refractivity contribution in [3.63, 3.8) is 0 Å². The average Bonchev–Trinajstić information content (AvgIpc) is 3.14. The van der Waals surface area contributed by atoms with Crippen LogP contribution in [0.15, 0.2) is 67.0 Å². The van der Waals surface area contributed by atoms with Crippen LogP contribution in [0.4, 0.5) is 17.1 Å². The van der Waals surface area contributed by atoms with Gasteiger partial charge in [-0.3, -0.25) is 0 Å². The zero-order chi connectivity index (χ0) is 20.2. The van der Waals surface area contributed by atoms with Crippen molar-refractivity contribution in [2.24, 2.45) is 0 Å². The molecule has 0 aliphatic carbocycles. The van der Waals surface area contributed by atoms with Gasteiger partial charge in [-0.2, -0.15) is 5.10 Å². The largest absolute Gasteiger partial charge is 0.491 e. The van der Waals surface area contributed by atoms with Gasteiger partial charge in [-0.05, 0) is 36.4 Å². The maximum Gasteiger partial charge on any atom is 0.231 e. The van der Waals surface area contributed by atoms with E-state index in [9.17, 15) is 0 Å². The summed E-state index contributed by atoms with van der Waals surface area (Å²) < 4.78 is 18.3. The Morgan fingerprint density at radius 3 is 2.34 bits per heavy atom. The van der Waals surface area contributed by atoms with Crippen LogP contribution in [-0.4, -0.2) is 23.8 Å². The van der Waals surface area contributed by atoms with E-state index >= 15 is 0 Å². The molecule has 0 radical (unpaired) electrons. The number of anilines is 2. The summed E-state index contributed by atoms with van der Waals surface area (Å²) in [7, 11) is 3.12. The molecule has 0 saturated carbocycles. The highest BCUT2D eigenvalue weighted by molar-refractivity contribution is 5.93. The van der Waals surface area contributed by atoms with Gasteiger partial charge >= 0.3 is 0 Å². The summed E-state index contributed by atoms with van der Waals surface area (Å²) in [5, 5.41) is 7.58. The third-order valence-electron chi connectivity index (χ3n) is 4.35. The van der Waals surface area contributed by atoms with Gasteiger partial charge in [0.2, 0.25) is 5.69 Å². The molecule has 2 aromatic heterocycles. The Morgan fingerprint density at radius 2 is 1.69 bits per heavy atom. The molecular weight excluding hydrogens is 368 g/mol. The Morgan fingerprint density at radius 1 is 0.966 bits per heavy atom. The van der Waals surface area contributed by atoms with E-state index in [0.29, 0.717) is 34.1 Å². The number of hydrogen-bond donors (Lipinski definition) is 1. The van der Waals surface area contributed by atoms with Crippen molar-refractivity contribution >= 4 is 22.6 Å². The Labute approximate surface area is 167 Å². The van der Waals surface area contributed by atoms with Gasteiger partial charge in [0, 0.05) is 5.69 Å². The van der Waals surface area contributed by atoms with Crippen LogP contribution >= 0.6 is 0 Å².